The summed E-state index contributed by atoms with van der Waals surface area (Å²) in [6.07, 6.45) is 0.234. The van der Waals surface area contributed by atoms with Gasteiger partial charge in [-0.15, -0.1) is 0 Å². The van der Waals surface area contributed by atoms with Gasteiger partial charge in [0.15, 0.2) is 0 Å². The monoisotopic (exact) mass is 388 g/mol. The van der Waals surface area contributed by atoms with Gasteiger partial charge in [-0.25, -0.2) is 21.9 Å². The van der Waals surface area contributed by atoms with Gasteiger partial charge in [-0.3, -0.25) is 4.79 Å². The molecule has 2 aromatic carbocycles. The predicted octanol–water partition coefficient (Wildman–Crippen LogP) is 3.32. The second kappa shape index (κ2) is 8.37. The highest BCUT2D eigenvalue weighted by molar-refractivity contribution is 7.89. The molecule has 1 amide bonds. The van der Waals surface area contributed by atoms with Crippen LogP contribution in [0.25, 0.3) is 0 Å². The van der Waals surface area contributed by atoms with Gasteiger partial charge in [-0.1, -0.05) is 23.7 Å². The summed E-state index contributed by atoms with van der Waals surface area (Å²) in [5.41, 5.74) is 0.461. The molecule has 0 aliphatic rings. The Morgan fingerprint density at radius 3 is 2.52 bits per heavy atom. The molecular weight excluding hydrogens is 374 g/mol. The molecule has 25 heavy (non-hydrogen) atoms. The maximum absolute atomic E-state index is 13.5. The maximum atomic E-state index is 13.5. The number of hydrogen-bond donors (Lipinski definition) is 2. The maximum Gasteiger partial charge on any atom is 0.243 e. The number of hydrogen-bond acceptors (Lipinski definition) is 3. The summed E-state index contributed by atoms with van der Waals surface area (Å²) in [6.45, 7) is -0.0743. The molecule has 9 heteroatoms. The molecular formula is C16H15ClF2N2O3S. The average Bonchev–Trinajstić information content (AvgIpc) is 2.53. The van der Waals surface area contributed by atoms with Crippen LogP contribution in [-0.4, -0.2) is 20.9 Å². The molecule has 0 saturated heterocycles. The summed E-state index contributed by atoms with van der Waals surface area (Å²) in [6, 6.07) is 8.90. The van der Waals surface area contributed by atoms with E-state index in [0.717, 1.165) is 12.1 Å². The highest BCUT2D eigenvalue weighted by Gasteiger charge is 2.19. The lowest BCUT2D eigenvalue weighted by Crippen LogP contribution is -2.26. The molecule has 0 unspecified atom stereocenters. The van der Waals surface area contributed by atoms with Crippen molar-refractivity contribution in [2.75, 3.05) is 11.9 Å². The Kier molecular flexibility index (Phi) is 6.46. The Morgan fingerprint density at radius 2 is 1.84 bits per heavy atom. The Labute approximate surface area is 149 Å². The lowest BCUT2D eigenvalue weighted by atomic mass is 10.2. The third kappa shape index (κ3) is 5.48. The molecule has 0 saturated carbocycles. The normalized spacial score (nSPS) is 11.3. The summed E-state index contributed by atoms with van der Waals surface area (Å²) in [5, 5.41) is 3.00. The lowest BCUT2D eigenvalue weighted by molar-refractivity contribution is -0.116. The minimum atomic E-state index is -4.12. The van der Waals surface area contributed by atoms with Crippen LogP contribution in [0.4, 0.5) is 14.5 Å². The zero-order chi connectivity index (χ0) is 18.4. The van der Waals surface area contributed by atoms with Crippen LogP contribution in [0.5, 0.6) is 0 Å². The number of carbonyl (C=O) groups is 1. The first-order chi connectivity index (χ1) is 11.8. The van der Waals surface area contributed by atoms with Crippen LogP contribution in [-0.2, 0) is 14.8 Å². The van der Waals surface area contributed by atoms with Crippen molar-refractivity contribution >= 4 is 33.2 Å². The van der Waals surface area contributed by atoms with Gasteiger partial charge in [0, 0.05) is 19.0 Å². The molecule has 2 N–H and O–H groups in total. The van der Waals surface area contributed by atoms with Crippen LogP contribution < -0.4 is 10.0 Å². The molecule has 0 aromatic heterocycles. The van der Waals surface area contributed by atoms with Crippen molar-refractivity contribution in [3.05, 3.63) is 59.1 Å². The Morgan fingerprint density at radius 1 is 1.12 bits per heavy atom. The average molecular weight is 389 g/mol. The van der Waals surface area contributed by atoms with E-state index in [1.807, 2.05) is 0 Å². The standard InChI is InChI=1S/C16H15ClF2N2O3S/c17-12-4-1-2-5-14(12)21-16(22)6-3-9-20-25(23,24)15-8-7-11(18)10-13(15)19/h1-2,4-5,7-8,10,20H,3,6,9H2,(H,21,22). The van der Waals surface area contributed by atoms with E-state index in [0.29, 0.717) is 16.8 Å². The highest BCUT2D eigenvalue weighted by Crippen LogP contribution is 2.20. The first-order valence-electron chi connectivity index (χ1n) is 7.29. The quantitative estimate of drug-likeness (QED) is 0.714. The number of amides is 1. The first kappa shape index (κ1) is 19.3. The van der Waals surface area contributed by atoms with Gasteiger partial charge in [0.1, 0.15) is 16.5 Å². The molecule has 0 radical (unpaired) electrons. The zero-order valence-corrected chi connectivity index (χ0v) is 14.5. The smallest absolute Gasteiger partial charge is 0.243 e. The minimum Gasteiger partial charge on any atom is -0.325 e. The van der Waals surface area contributed by atoms with Crippen LogP contribution in [0.2, 0.25) is 5.02 Å². The molecule has 0 spiro atoms. The van der Waals surface area contributed by atoms with Gasteiger partial charge < -0.3 is 5.32 Å². The van der Waals surface area contributed by atoms with Gasteiger partial charge in [0.05, 0.1) is 10.7 Å². The van der Waals surface area contributed by atoms with Gasteiger partial charge >= 0.3 is 0 Å². The largest absolute Gasteiger partial charge is 0.325 e. The lowest BCUT2D eigenvalue weighted by Gasteiger charge is -2.09. The Bertz CT molecular complexity index is 875. The fraction of sp³-hybridized carbons (Fsp3) is 0.188. The van der Waals surface area contributed by atoms with E-state index >= 15 is 0 Å². The first-order valence-corrected chi connectivity index (χ1v) is 9.15. The second-order valence-electron chi connectivity index (χ2n) is 5.10. The number of anilines is 1. The highest BCUT2D eigenvalue weighted by atomic mass is 35.5. The Hall–Kier alpha value is -2.03. The molecule has 5 nitrogen and oxygen atoms in total. The van der Waals surface area contributed by atoms with E-state index in [4.69, 9.17) is 11.6 Å². The summed E-state index contributed by atoms with van der Waals surface area (Å²) in [4.78, 5) is 11.2. The van der Waals surface area contributed by atoms with Crippen LogP contribution in [0.1, 0.15) is 12.8 Å². The molecule has 2 aromatic rings. The van der Waals surface area contributed by atoms with Gasteiger partial charge in [-0.05, 0) is 30.7 Å². The molecule has 0 atom stereocenters. The van der Waals surface area contributed by atoms with E-state index in [1.54, 1.807) is 24.3 Å². The van der Waals surface area contributed by atoms with E-state index in [1.165, 1.54) is 0 Å². The SMILES string of the molecule is O=C(CCCNS(=O)(=O)c1ccc(F)cc1F)Nc1ccccc1Cl. The molecule has 0 bridgehead atoms. The number of sulfonamides is 1. The molecule has 0 aliphatic carbocycles. The van der Waals surface area contributed by atoms with E-state index < -0.39 is 26.6 Å². The third-order valence-corrected chi connectivity index (χ3v) is 5.03. The minimum absolute atomic E-state index is 0.0413. The van der Waals surface area contributed by atoms with Crippen molar-refractivity contribution < 1.29 is 22.0 Å². The van der Waals surface area contributed by atoms with Gasteiger partial charge in [0.2, 0.25) is 15.9 Å². The molecule has 134 valence electrons. The second-order valence-corrected chi connectivity index (χ2v) is 7.25. The summed E-state index contributed by atoms with van der Waals surface area (Å²) < 4.78 is 52.4. The van der Waals surface area contributed by atoms with Crippen LogP contribution in [0.15, 0.2) is 47.4 Å². The summed E-state index contributed by atoms with van der Waals surface area (Å²) >= 11 is 5.91. The third-order valence-electron chi connectivity index (χ3n) is 3.20. The van der Waals surface area contributed by atoms with Gasteiger partial charge in [0.25, 0.3) is 0 Å². The van der Waals surface area contributed by atoms with E-state index in [-0.39, 0.29) is 25.3 Å². The number of halogens is 3. The number of carbonyl (C=O) groups excluding carboxylic acids is 1. The molecule has 0 fully saturated rings. The van der Waals surface area contributed by atoms with Gasteiger partial charge in [-0.2, -0.15) is 0 Å². The van der Waals surface area contributed by atoms with Crippen LogP contribution in [0.3, 0.4) is 0 Å². The molecule has 0 aliphatic heterocycles. The fourth-order valence-electron chi connectivity index (χ4n) is 2.00. The number of nitrogens with one attached hydrogen (secondary N) is 2. The fourth-order valence-corrected chi connectivity index (χ4v) is 3.32. The van der Waals surface area contributed by atoms with E-state index in [9.17, 15) is 22.0 Å². The molecule has 2 rings (SSSR count). The molecule has 0 heterocycles. The summed E-state index contributed by atoms with van der Waals surface area (Å²) in [7, 11) is -4.12. The van der Waals surface area contributed by atoms with Crippen molar-refractivity contribution in [1.29, 1.82) is 0 Å². The van der Waals surface area contributed by atoms with Crippen molar-refractivity contribution in [3.8, 4) is 0 Å². The van der Waals surface area contributed by atoms with Crippen molar-refractivity contribution in [2.24, 2.45) is 0 Å². The number of para-hydroxylation sites is 1. The number of rotatable bonds is 7. The summed E-state index contributed by atoms with van der Waals surface area (Å²) in [5.74, 6) is -2.38. The van der Waals surface area contributed by atoms with Crippen molar-refractivity contribution in [1.82, 2.24) is 4.72 Å². The van der Waals surface area contributed by atoms with Crippen molar-refractivity contribution in [2.45, 2.75) is 17.7 Å². The Balaban J connectivity index is 1.84. The van der Waals surface area contributed by atoms with Crippen molar-refractivity contribution in [3.63, 3.8) is 0 Å². The van der Waals surface area contributed by atoms with E-state index in [2.05, 4.69) is 10.0 Å². The topological polar surface area (TPSA) is 75.3 Å². The predicted molar refractivity (Wildman–Crippen MR) is 90.9 cm³/mol. The van der Waals surface area contributed by atoms with Crippen LogP contribution in [0, 0.1) is 11.6 Å². The van der Waals surface area contributed by atoms with Crippen LogP contribution >= 0.6 is 11.6 Å². The number of benzene rings is 2. The zero-order valence-electron chi connectivity index (χ0n) is 12.9.